The predicted octanol–water partition coefficient (Wildman–Crippen LogP) is 3.78. The predicted molar refractivity (Wildman–Crippen MR) is 110 cm³/mol. The van der Waals surface area contributed by atoms with E-state index >= 15 is 0 Å². The molecule has 194 valence electrons. The molecular formula is C21H25F6N5O3. The van der Waals surface area contributed by atoms with Crippen molar-refractivity contribution in [2.24, 2.45) is 0 Å². The van der Waals surface area contributed by atoms with E-state index in [9.17, 15) is 35.9 Å². The average molecular weight is 509 g/mol. The van der Waals surface area contributed by atoms with Gasteiger partial charge in [0, 0.05) is 44.5 Å². The number of nitrogens with zero attached hydrogens (tertiary/aromatic N) is 5. The Hall–Kier alpha value is -2.80. The molecule has 1 aromatic heterocycles. The van der Waals surface area contributed by atoms with Gasteiger partial charge in [0.05, 0.1) is 0 Å². The summed E-state index contributed by atoms with van der Waals surface area (Å²) >= 11 is 0. The summed E-state index contributed by atoms with van der Waals surface area (Å²) in [5, 5.41) is 0. The second kappa shape index (κ2) is 9.34. The fraction of sp³-hybridized carbons (Fsp3) is 0.714. The lowest BCUT2D eigenvalue weighted by atomic mass is 9.84. The number of carbonyl (C=O) groups is 2. The molecule has 3 fully saturated rings. The number of rotatable bonds is 3. The number of aromatic nitrogens is 2. The molecule has 0 bridgehead atoms. The number of halogens is 6. The van der Waals surface area contributed by atoms with Crippen molar-refractivity contribution in [2.75, 3.05) is 37.6 Å². The summed E-state index contributed by atoms with van der Waals surface area (Å²) in [7, 11) is 0. The van der Waals surface area contributed by atoms with Gasteiger partial charge in [-0.15, -0.1) is 0 Å². The number of piperidine rings is 1. The van der Waals surface area contributed by atoms with Crippen molar-refractivity contribution >= 4 is 17.8 Å². The highest BCUT2D eigenvalue weighted by molar-refractivity contribution is 5.99. The van der Waals surface area contributed by atoms with Crippen LogP contribution in [0.4, 0.5) is 37.0 Å². The molecule has 0 aromatic carbocycles. The standard InChI is InChI=1S/C21H25F6N5O3/c22-20(23,24)17(21(25,26)27)35-18(34)31-10-5-19(6-11-31)4-3-9-32(19)16(33)14-12-28-13-29-15(14)30-7-1-2-8-30/h12-13,17H,1-11H2. The fourth-order valence-electron chi connectivity index (χ4n) is 5.18. The molecule has 4 rings (SSSR count). The number of amides is 2. The average Bonchev–Trinajstić information content (AvgIpc) is 3.46. The van der Waals surface area contributed by atoms with Crippen molar-refractivity contribution in [1.82, 2.24) is 19.8 Å². The quantitative estimate of drug-likeness (QED) is 0.578. The van der Waals surface area contributed by atoms with Gasteiger partial charge in [0.1, 0.15) is 17.7 Å². The summed E-state index contributed by atoms with van der Waals surface area (Å²) in [6.45, 7) is 1.74. The Balaban J connectivity index is 1.45. The first-order chi connectivity index (χ1) is 16.4. The van der Waals surface area contributed by atoms with Crippen LogP contribution in [0.5, 0.6) is 0 Å². The third kappa shape index (κ3) is 5.10. The van der Waals surface area contributed by atoms with Crippen LogP contribution in [0.3, 0.4) is 0 Å². The van der Waals surface area contributed by atoms with Crippen LogP contribution in [0.25, 0.3) is 0 Å². The molecule has 0 atom stereocenters. The first kappa shape index (κ1) is 25.3. The van der Waals surface area contributed by atoms with Gasteiger partial charge >= 0.3 is 18.4 Å². The van der Waals surface area contributed by atoms with E-state index in [1.165, 1.54) is 12.5 Å². The highest BCUT2D eigenvalue weighted by Gasteiger charge is 2.60. The summed E-state index contributed by atoms with van der Waals surface area (Å²) in [5.74, 6) is 0.283. The van der Waals surface area contributed by atoms with Gasteiger partial charge in [-0.05, 0) is 38.5 Å². The van der Waals surface area contributed by atoms with Crippen LogP contribution in [0, 0.1) is 0 Å². The number of carbonyl (C=O) groups excluding carboxylic acids is 2. The zero-order chi connectivity index (χ0) is 25.4. The number of hydrogen-bond donors (Lipinski definition) is 0. The van der Waals surface area contributed by atoms with E-state index in [1.807, 2.05) is 4.90 Å². The second-order valence-electron chi connectivity index (χ2n) is 9.07. The maximum absolute atomic E-state index is 13.5. The van der Waals surface area contributed by atoms with E-state index in [2.05, 4.69) is 14.7 Å². The molecule has 1 spiro atoms. The normalized spacial score (nSPS) is 20.7. The van der Waals surface area contributed by atoms with Crippen molar-refractivity contribution < 1.29 is 40.7 Å². The first-order valence-corrected chi connectivity index (χ1v) is 11.4. The minimum absolute atomic E-state index is 0.130. The van der Waals surface area contributed by atoms with E-state index in [4.69, 9.17) is 0 Å². The molecule has 1 aromatic rings. The van der Waals surface area contributed by atoms with Crippen molar-refractivity contribution in [3.05, 3.63) is 18.1 Å². The molecule has 0 N–H and O–H groups in total. The maximum Gasteiger partial charge on any atom is 0.434 e. The Morgan fingerprint density at radius 2 is 1.54 bits per heavy atom. The smallest absolute Gasteiger partial charge is 0.426 e. The van der Waals surface area contributed by atoms with Crippen LogP contribution in [-0.4, -0.2) is 88.5 Å². The lowest BCUT2D eigenvalue weighted by Gasteiger charge is -2.45. The largest absolute Gasteiger partial charge is 0.434 e. The number of ether oxygens (including phenoxy) is 1. The van der Waals surface area contributed by atoms with Crippen LogP contribution in [0.1, 0.15) is 48.9 Å². The van der Waals surface area contributed by atoms with Gasteiger partial charge < -0.3 is 19.4 Å². The Morgan fingerprint density at radius 1 is 0.914 bits per heavy atom. The second-order valence-corrected chi connectivity index (χ2v) is 9.07. The molecule has 0 unspecified atom stereocenters. The zero-order valence-corrected chi connectivity index (χ0v) is 18.7. The molecule has 35 heavy (non-hydrogen) atoms. The SMILES string of the molecule is O=C(OC(C(F)(F)F)C(F)(F)F)N1CCC2(CCCN2C(=O)c2cncnc2N2CCCC2)CC1. The molecule has 3 aliphatic heterocycles. The summed E-state index contributed by atoms with van der Waals surface area (Å²) in [5.41, 5.74) is -0.296. The number of hydrogen-bond acceptors (Lipinski definition) is 6. The van der Waals surface area contributed by atoms with Crippen LogP contribution < -0.4 is 4.90 Å². The van der Waals surface area contributed by atoms with E-state index in [0.29, 0.717) is 30.8 Å². The number of alkyl halides is 6. The molecule has 3 aliphatic rings. The Morgan fingerprint density at radius 3 is 2.14 bits per heavy atom. The number of likely N-dealkylation sites (tertiary alicyclic amines) is 2. The summed E-state index contributed by atoms with van der Waals surface area (Å²) in [6, 6.07) is 0. The lowest BCUT2D eigenvalue weighted by Crippen LogP contribution is -2.56. The highest BCUT2D eigenvalue weighted by atomic mass is 19.4. The topological polar surface area (TPSA) is 78.9 Å². The lowest BCUT2D eigenvalue weighted by molar-refractivity contribution is -0.308. The molecule has 0 aliphatic carbocycles. The fourth-order valence-corrected chi connectivity index (χ4v) is 5.18. The van der Waals surface area contributed by atoms with Gasteiger partial charge in [-0.3, -0.25) is 4.79 Å². The zero-order valence-electron chi connectivity index (χ0n) is 18.7. The van der Waals surface area contributed by atoms with E-state index in [1.54, 1.807) is 4.90 Å². The first-order valence-electron chi connectivity index (χ1n) is 11.4. The van der Waals surface area contributed by atoms with Crippen molar-refractivity contribution in [3.63, 3.8) is 0 Å². The van der Waals surface area contributed by atoms with Gasteiger partial charge in [-0.1, -0.05) is 0 Å². The number of anilines is 1. The Kier molecular flexibility index (Phi) is 6.75. The minimum atomic E-state index is -5.77. The molecule has 0 radical (unpaired) electrons. The Labute approximate surface area is 197 Å². The van der Waals surface area contributed by atoms with Crippen LogP contribution >= 0.6 is 0 Å². The minimum Gasteiger partial charge on any atom is -0.426 e. The van der Waals surface area contributed by atoms with Gasteiger partial charge in [0.25, 0.3) is 12.0 Å². The van der Waals surface area contributed by atoms with Crippen LogP contribution in [0.15, 0.2) is 12.5 Å². The summed E-state index contributed by atoms with van der Waals surface area (Å²) < 4.78 is 80.4. The molecule has 3 saturated heterocycles. The van der Waals surface area contributed by atoms with Gasteiger partial charge in [-0.2, -0.15) is 26.3 Å². The Bertz CT molecular complexity index is 928. The van der Waals surface area contributed by atoms with Gasteiger partial charge in [0.15, 0.2) is 0 Å². The van der Waals surface area contributed by atoms with Crippen molar-refractivity contribution in [3.8, 4) is 0 Å². The third-order valence-electron chi connectivity index (χ3n) is 6.93. The van der Waals surface area contributed by atoms with Crippen LogP contribution in [0.2, 0.25) is 0 Å². The van der Waals surface area contributed by atoms with Crippen molar-refractivity contribution in [1.29, 1.82) is 0 Å². The van der Waals surface area contributed by atoms with Gasteiger partial charge in [0.2, 0.25) is 0 Å². The molecule has 8 nitrogen and oxygen atoms in total. The summed E-state index contributed by atoms with van der Waals surface area (Å²) in [4.78, 5) is 38.5. The van der Waals surface area contributed by atoms with Crippen molar-refractivity contribution in [2.45, 2.75) is 62.5 Å². The maximum atomic E-state index is 13.5. The monoisotopic (exact) mass is 509 g/mol. The molecular weight excluding hydrogens is 484 g/mol. The highest BCUT2D eigenvalue weighted by Crippen LogP contribution is 2.41. The molecule has 0 saturated carbocycles. The molecule has 4 heterocycles. The molecule has 2 amide bonds. The van der Waals surface area contributed by atoms with E-state index < -0.39 is 30.1 Å². The third-order valence-corrected chi connectivity index (χ3v) is 6.93. The van der Waals surface area contributed by atoms with E-state index in [0.717, 1.165) is 30.8 Å². The van der Waals surface area contributed by atoms with Crippen LogP contribution in [-0.2, 0) is 4.74 Å². The molecule has 14 heteroatoms. The van der Waals surface area contributed by atoms with Gasteiger partial charge in [-0.25, -0.2) is 14.8 Å². The summed E-state index contributed by atoms with van der Waals surface area (Å²) in [6.07, 6.45) is -10.9. The van der Waals surface area contributed by atoms with E-state index in [-0.39, 0.29) is 31.8 Å².